The molecule has 3 heterocycles. The molecule has 1 aromatic heterocycles. The maximum atomic E-state index is 4.85. The van der Waals surface area contributed by atoms with E-state index in [0.29, 0.717) is 0 Å². The van der Waals surface area contributed by atoms with Crippen molar-refractivity contribution in [1.82, 2.24) is 15.3 Å². The van der Waals surface area contributed by atoms with Crippen molar-refractivity contribution in [2.45, 2.75) is 25.8 Å². The van der Waals surface area contributed by atoms with Crippen LogP contribution < -0.4 is 15.5 Å². The predicted octanol–water partition coefficient (Wildman–Crippen LogP) is 1.99. The molecule has 0 radical (unpaired) electrons. The number of nitrogens with one attached hydrogen (secondary N) is 2. The van der Waals surface area contributed by atoms with Gasteiger partial charge < -0.3 is 15.5 Å². The van der Waals surface area contributed by atoms with Gasteiger partial charge in [-0.2, -0.15) is 4.98 Å². The maximum Gasteiger partial charge on any atom is 0.227 e. The molecule has 120 valence electrons. The lowest BCUT2D eigenvalue weighted by Crippen LogP contribution is -2.38. The van der Waals surface area contributed by atoms with E-state index in [0.717, 1.165) is 57.3 Å². The lowest BCUT2D eigenvalue weighted by Gasteiger charge is -2.31. The molecule has 5 heteroatoms. The van der Waals surface area contributed by atoms with E-state index in [-0.39, 0.29) is 0 Å². The van der Waals surface area contributed by atoms with Gasteiger partial charge in [-0.05, 0) is 24.9 Å². The van der Waals surface area contributed by atoms with Crippen molar-refractivity contribution in [2.24, 2.45) is 0 Å². The smallest absolute Gasteiger partial charge is 0.227 e. The van der Waals surface area contributed by atoms with Crippen LogP contribution in [0.15, 0.2) is 30.3 Å². The van der Waals surface area contributed by atoms with E-state index in [4.69, 9.17) is 9.97 Å². The topological polar surface area (TPSA) is 53.1 Å². The first-order valence-corrected chi connectivity index (χ1v) is 8.53. The second-order valence-electron chi connectivity index (χ2n) is 6.23. The van der Waals surface area contributed by atoms with Gasteiger partial charge in [0.15, 0.2) is 0 Å². The SMILES string of the molecule is c1ccc(CNc2nc(N3CCC3)nc3c2CCNCC3)cc1. The fourth-order valence-corrected chi connectivity index (χ4v) is 3.12. The van der Waals surface area contributed by atoms with E-state index < -0.39 is 0 Å². The first-order chi connectivity index (χ1) is 11.4. The molecule has 0 atom stereocenters. The van der Waals surface area contributed by atoms with E-state index in [1.165, 1.54) is 23.2 Å². The molecule has 4 rings (SSSR count). The molecule has 0 spiro atoms. The Bertz CT molecular complexity index is 667. The molecule has 2 N–H and O–H groups in total. The van der Waals surface area contributed by atoms with Gasteiger partial charge in [-0.15, -0.1) is 0 Å². The number of aromatic nitrogens is 2. The van der Waals surface area contributed by atoms with Crippen molar-refractivity contribution < 1.29 is 0 Å². The summed E-state index contributed by atoms with van der Waals surface area (Å²) in [6.45, 7) is 4.96. The van der Waals surface area contributed by atoms with Crippen LogP contribution in [0.4, 0.5) is 11.8 Å². The molecule has 0 saturated carbocycles. The Balaban J connectivity index is 1.62. The normalized spacial score (nSPS) is 17.1. The fraction of sp³-hybridized carbons (Fsp3) is 0.444. The van der Waals surface area contributed by atoms with Crippen LogP contribution in [0.3, 0.4) is 0 Å². The van der Waals surface area contributed by atoms with Crippen LogP contribution in [0.2, 0.25) is 0 Å². The molecule has 5 nitrogen and oxygen atoms in total. The zero-order chi connectivity index (χ0) is 15.5. The van der Waals surface area contributed by atoms with E-state index in [9.17, 15) is 0 Å². The summed E-state index contributed by atoms with van der Waals surface area (Å²) >= 11 is 0. The highest BCUT2D eigenvalue weighted by atomic mass is 15.3. The van der Waals surface area contributed by atoms with Crippen molar-refractivity contribution in [3.8, 4) is 0 Å². The zero-order valence-electron chi connectivity index (χ0n) is 13.4. The van der Waals surface area contributed by atoms with Gasteiger partial charge >= 0.3 is 0 Å². The molecule has 23 heavy (non-hydrogen) atoms. The number of anilines is 2. The molecule has 0 aliphatic carbocycles. The molecular formula is C18H23N5. The summed E-state index contributed by atoms with van der Waals surface area (Å²) in [5.41, 5.74) is 3.77. The minimum atomic E-state index is 0.803. The van der Waals surface area contributed by atoms with E-state index >= 15 is 0 Å². The standard InChI is InChI=1S/C18H23N5/c1-2-5-14(6-3-1)13-20-17-15-7-9-19-10-8-16(15)21-18(22-17)23-11-4-12-23/h1-3,5-6,19H,4,7-13H2,(H,20,21,22). The van der Waals surface area contributed by atoms with Gasteiger partial charge in [-0.3, -0.25) is 0 Å². The van der Waals surface area contributed by atoms with E-state index in [1.807, 2.05) is 6.07 Å². The van der Waals surface area contributed by atoms with Crippen LogP contribution in [0.1, 0.15) is 23.2 Å². The quantitative estimate of drug-likeness (QED) is 0.904. The molecule has 1 aromatic carbocycles. The number of hydrogen-bond acceptors (Lipinski definition) is 5. The molecule has 2 aliphatic heterocycles. The van der Waals surface area contributed by atoms with E-state index in [2.05, 4.69) is 39.8 Å². The summed E-state index contributed by atoms with van der Waals surface area (Å²) < 4.78 is 0. The fourth-order valence-electron chi connectivity index (χ4n) is 3.12. The Morgan fingerprint density at radius 1 is 1.04 bits per heavy atom. The van der Waals surface area contributed by atoms with Crippen LogP contribution >= 0.6 is 0 Å². The molecule has 2 aliphatic rings. The van der Waals surface area contributed by atoms with Crippen molar-refractivity contribution in [1.29, 1.82) is 0 Å². The Morgan fingerprint density at radius 3 is 2.65 bits per heavy atom. The molecule has 0 amide bonds. The maximum absolute atomic E-state index is 4.85. The second-order valence-corrected chi connectivity index (χ2v) is 6.23. The zero-order valence-corrected chi connectivity index (χ0v) is 13.4. The molecule has 1 fully saturated rings. The average Bonchev–Trinajstić information content (AvgIpc) is 2.77. The average molecular weight is 309 g/mol. The third-order valence-corrected chi connectivity index (χ3v) is 4.61. The third kappa shape index (κ3) is 3.15. The van der Waals surface area contributed by atoms with Crippen LogP contribution in [-0.2, 0) is 19.4 Å². The first kappa shape index (κ1) is 14.5. The summed E-state index contributed by atoms with van der Waals surface area (Å²) in [5, 5.41) is 7.02. The number of fused-ring (bicyclic) bond motifs is 1. The summed E-state index contributed by atoms with van der Waals surface area (Å²) in [4.78, 5) is 12.0. The Kier molecular flexibility index (Phi) is 4.11. The van der Waals surface area contributed by atoms with Crippen molar-refractivity contribution in [3.05, 3.63) is 47.2 Å². The summed E-state index contributed by atoms with van der Waals surface area (Å²) in [6, 6.07) is 10.5. The lowest BCUT2D eigenvalue weighted by atomic mass is 10.1. The first-order valence-electron chi connectivity index (χ1n) is 8.53. The van der Waals surface area contributed by atoms with Gasteiger partial charge in [0, 0.05) is 38.2 Å². The minimum absolute atomic E-state index is 0.803. The van der Waals surface area contributed by atoms with Crippen LogP contribution in [0.5, 0.6) is 0 Å². The van der Waals surface area contributed by atoms with Crippen molar-refractivity contribution >= 4 is 11.8 Å². The molecule has 2 aromatic rings. The summed E-state index contributed by atoms with van der Waals surface area (Å²) in [7, 11) is 0. The van der Waals surface area contributed by atoms with Crippen LogP contribution in [-0.4, -0.2) is 36.1 Å². The Labute approximate surface area is 137 Å². The van der Waals surface area contributed by atoms with Gasteiger partial charge in [-0.1, -0.05) is 30.3 Å². The molecule has 0 unspecified atom stereocenters. The third-order valence-electron chi connectivity index (χ3n) is 4.61. The lowest BCUT2D eigenvalue weighted by molar-refractivity contribution is 0.598. The molecule has 1 saturated heterocycles. The Hall–Kier alpha value is -2.14. The van der Waals surface area contributed by atoms with Gasteiger partial charge in [0.1, 0.15) is 5.82 Å². The van der Waals surface area contributed by atoms with Gasteiger partial charge in [-0.25, -0.2) is 4.98 Å². The predicted molar refractivity (Wildman–Crippen MR) is 92.9 cm³/mol. The summed E-state index contributed by atoms with van der Waals surface area (Å²) in [5.74, 6) is 1.91. The van der Waals surface area contributed by atoms with Gasteiger partial charge in [0.2, 0.25) is 5.95 Å². The second kappa shape index (κ2) is 6.54. The minimum Gasteiger partial charge on any atom is -0.366 e. The number of hydrogen-bond donors (Lipinski definition) is 2. The van der Waals surface area contributed by atoms with Crippen LogP contribution in [0, 0.1) is 0 Å². The van der Waals surface area contributed by atoms with Crippen LogP contribution in [0.25, 0.3) is 0 Å². The summed E-state index contributed by atoms with van der Waals surface area (Å²) in [6.07, 6.45) is 3.22. The van der Waals surface area contributed by atoms with Crippen molar-refractivity contribution in [3.63, 3.8) is 0 Å². The van der Waals surface area contributed by atoms with Gasteiger partial charge in [0.25, 0.3) is 0 Å². The highest BCUT2D eigenvalue weighted by Gasteiger charge is 2.22. The highest BCUT2D eigenvalue weighted by molar-refractivity contribution is 5.53. The molecular weight excluding hydrogens is 286 g/mol. The number of rotatable bonds is 4. The molecule has 0 bridgehead atoms. The largest absolute Gasteiger partial charge is 0.366 e. The van der Waals surface area contributed by atoms with Crippen molar-refractivity contribution in [2.75, 3.05) is 36.4 Å². The van der Waals surface area contributed by atoms with Gasteiger partial charge in [0.05, 0.1) is 5.69 Å². The monoisotopic (exact) mass is 309 g/mol. The highest BCUT2D eigenvalue weighted by Crippen LogP contribution is 2.25. The number of nitrogens with zero attached hydrogens (tertiary/aromatic N) is 3. The van der Waals surface area contributed by atoms with E-state index in [1.54, 1.807) is 0 Å². The Morgan fingerprint density at radius 2 is 1.87 bits per heavy atom. The number of benzene rings is 1.